The summed E-state index contributed by atoms with van der Waals surface area (Å²) in [6, 6.07) is 12.0. The average molecular weight is 355 g/mol. The fourth-order valence-electron chi connectivity index (χ4n) is 2.75. The summed E-state index contributed by atoms with van der Waals surface area (Å²) < 4.78 is 23.6. The second kappa shape index (κ2) is 8.04. The van der Waals surface area contributed by atoms with Crippen LogP contribution in [-0.2, 0) is 11.3 Å². The minimum Gasteiger partial charge on any atom is -0.497 e. The Morgan fingerprint density at radius 3 is 2.27 bits per heavy atom. The van der Waals surface area contributed by atoms with Crippen molar-refractivity contribution in [1.82, 2.24) is 4.90 Å². The van der Waals surface area contributed by atoms with Gasteiger partial charge in [-0.25, -0.2) is 4.39 Å². The molecule has 0 atom stereocenters. The van der Waals surface area contributed by atoms with Gasteiger partial charge in [0.05, 0.1) is 14.2 Å². The molecule has 0 radical (unpaired) electrons. The van der Waals surface area contributed by atoms with E-state index in [1.54, 1.807) is 44.6 Å². The Morgan fingerprint density at radius 1 is 1.12 bits per heavy atom. The Hall–Kier alpha value is -2.82. The smallest absolute Gasteiger partial charge is 0.247 e. The summed E-state index contributed by atoms with van der Waals surface area (Å²) >= 11 is 0. The molecular formula is C21H22FNO3. The lowest BCUT2D eigenvalue weighted by molar-refractivity contribution is -0.127. The molecular weight excluding hydrogens is 333 g/mol. The van der Waals surface area contributed by atoms with Crippen molar-refractivity contribution < 1.29 is 18.7 Å². The molecule has 1 aliphatic rings. The number of ether oxygens (including phenoxy) is 2. The van der Waals surface area contributed by atoms with Crippen molar-refractivity contribution in [3.63, 3.8) is 0 Å². The third-order valence-corrected chi connectivity index (χ3v) is 4.33. The number of benzene rings is 2. The number of nitrogens with zero attached hydrogens (tertiary/aromatic N) is 1. The van der Waals surface area contributed by atoms with Crippen LogP contribution in [-0.4, -0.2) is 31.1 Å². The minimum atomic E-state index is -0.273. The summed E-state index contributed by atoms with van der Waals surface area (Å²) in [5, 5.41) is 0. The van der Waals surface area contributed by atoms with Crippen molar-refractivity contribution in [1.29, 1.82) is 0 Å². The molecule has 0 aromatic heterocycles. The van der Waals surface area contributed by atoms with Gasteiger partial charge in [-0.3, -0.25) is 4.79 Å². The lowest BCUT2D eigenvalue weighted by atomic mass is 10.1. The summed E-state index contributed by atoms with van der Waals surface area (Å²) in [6.07, 6.45) is 5.34. The van der Waals surface area contributed by atoms with Crippen molar-refractivity contribution in [2.75, 3.05) is 14.2 Å². The Morgan fingerprint density at radius 2 is 1.73 bits per heavy atom. The molecule has 0 bridgehead atoms. The van der Waals surface area contributed by atoms with Crippen molar-refractivity contribution >= 4 is 12.0 Å². The van der Waals surface area contributed by atoms with E-state index in [1.807, 2.05) is 17.0 Å². The van der Waals surface area contributed by atoms with E-state index in [2.05, 4.69) is 0 Å². The number of carbonyl (C=O) groups excluding carboxylic acids is 1. The summed E-state index contributed by atoms with van der Waals surface area (Å²) in [5.74, 6) is 1.01. The number of halogens is 1. The van der Waals surface area contributed by atoms with Gasteiger partial charge in [-0.05, 0) is 54.3 Å². The number of rotatable bonds is 7. The normalized spacial score (nSPS) is 13.7. The molecule has 0 saturated heterocycles. The lowest BCUT2D eigenvalue weighted by Gasteiger charge is -2.21. The Bertz CT molecular complexity index is 775. The zero-order chi connectivity index (χ0) is 18.5. The fourth-order valence-corrected chi connectivity index (χ4v) is 2.75. The second-order valence-corrected chi connectivity index (χ2v) is 6.30. The molecule has 136 valence electrons. The van der Waals surface area contributed by atoms with Gasteiger partial charge in [0.2, 0.25) is 5.91 Å². The first-order chi connectivity index (χ1) is 12.6. The van der Waals surface area contributed by atoms with Gasteiger partial charge in [0.25, 0.3) is 0 Å². The Balaban J connectivity index is 1.73. The van der Waals surface area contributed by atoms with Gasteiger partial charge in [0.15, 0.2) is 0 Å². The van der Waals surface area contributed by atoms with Gasteiger partial charge >= 0.3 is 0 Å². The molecule has 0 heterocycles. The van der Waals surface area contributed by atoms with Crippen molar-refractivity contribution in [2.45, 2.75) is 25.4 Å². The lowest BCUT2D eigenvalue weighted by Crippen LogP contribution is -2.31. The first kappa shape index (κ1) is 18.0. The molecule has 1 saturated carbocycles. The maximum absolute atomic E-state index is 13.1. The molecule has 2 aromatic rings. The highest BCUT2D eigenvalue weighted by molar-refractivity contribution is 5.92. The van der Waals surface area contributed by atoms with Crippen LogP contribution in [0.5, 0.6) is 11.5 Å². The highest BCUT2D eigenvalue weighted by atomic mass is 19.1. The summed E-state index contributed by atoms with van der Waals surface area (Å²) in [6.45, 7) is 0.482. The zero-order valence-corrected chi connectivity index (χ0v) is 14.9. The molecule has 3 rings (SSSR count). The molecule has 0 spiro atoms. The fraction of sp³-hybridized carbons (Fsp3) is 0.286. The predicted molar refractivity (Wildman–Crippen MR) is 98.6 cm³/mol. The number of amides is 1. The van der Waals surface area contributed by atoms with Crippen LogP contribution in [0.1, 0.15) is 24.0 Å². The van der Waals surface area contributed by atoms with Crippen LogP contribution in [0.2, 0.25) is 0 Å². The van der Waals surface area contributed by atoms with E-state index in [4.69, 9.17) is 9.47 Å². The molecule has 0 N–H and O–H groups in total. The van der Waals surface area contributed by atoms with Crippen LogP contribution in [0.4, 0.5) is 4.39 Å². The Kier molecular flexibility index (Phi) is 5.56. The first-order valence-corrected chi connectivity index (χ1v) is 8.55. The zero-order valence-electron chi connectivity index (χ0n) is 14.9. The van der Waals surface area contributed by atoms with Crippen molar-refractivity contribution in [3.8, 4) is 11.5 Å². The van der Waals surface area contributed by atoms with E-state index in [1.165, 1.54) is 12.1 Å². The van der Waals surface area contributed by atoms with Crippen LogP contribution in [0.15, 0.2) is 48.5 Å². The first-order valence-electron chi connectivity index (χ1n) is 8.55. The van der Waals surface area contributed by atoms with Gasteiger partial charge in [0.1, 0.15) is 17.3 Å². The minimum absolute atomic E-state index is 0.0568. The molecule has 0 unspecified atom stereocenters. The Labute approximate surface area is 152 Å². The third kappa shape index (κ3) is 4.63. The quantitative estimate of drug-likeness (QED) is 0.704. The molecule has 4 nitrogen and oxygen atoms in total. The monoisotopic (exact) mass is 355 g/mol. The molecule has 5 heteroatoms. The SMILES string of the molecule is COc1cc(/C=C/C(=O)N(Cc2ccc(F)cc2)C2CC2)cc(OC)c1. The standard InChI is InChI=1S/C21H22FNO3/c1-25-19-11-16(12-20(13-19)26-2)5-10-21(24)23(18-8-9-18)14-15-3-6-17(22)7-4-15/h3-7,10-13,18H,8-9,14H2,1-2H3/b10-5+. The molecule has 1 aliphatic carbocycles. The van der Waals surface area contributed by atoms with Gasteiger partial charge < -0.3 is 14.4 Å². The van der Waals surface area contributed by atoms with E-state index in [-0.39, 0.29) is 17.8 Å². The molecule has 1 amide bonds. The van der Waals surface area contributed by atoms with Gasteiger partial charge in [0, 0.05) is 24.7 Å². The van der Waals surface area contributed by atoms with E-state index in [0.29, 0.717) is 18.0 Å². The maximum Gasteiger partial charge on any atom is 0.247 e. The molecule has 2 aromatic carbocycles. The van der Waals surface area contributed by atoms with E-state index >= 15 is 0 Å². The van der Waals surface area contributed by atoms with Crippen LogP contribution in [0.25, 0.3) is 6.08 Å². The van der Waals surface area contributed by atoms with Crippen LogP contribution >= 0.6 is 0 Å². The summed E-state index contributed by atoms with van der Waals surface area (Å²) in [5.41, 5.74) is 1.75. The second-order valence-electron chi connectivity index (χ2n) is 6.30. The number of hydrogen-bond donors (Lipinski definition) is 0. The molecule has 26 heavy (non-hydrogen) atoms. The highest BCUT2D eigenvalue weighted by Gasteiger charge is 2.31. The third-order valence-electron chi connectivity index (χ3n) is 4.33. The van der Waals surface area contributed by atoms with Crippen LogP contribution < -0.4 is 9.47 Å². The van der Waals surface area contributed by atoms with Crippen molar-refractivity contribution in [3.05, 3.63) is 65.5 Å². The van der Waals surface area contributed by atoms with E-state index in [0.717, 1.165) is 24.0 Å². The topological polar surface area (TPSA) is 38.8 Å². The average Bonchev–Trinajstić information content (AvgIpc) is 3.50. The summed E-state index contributed by atoms with van der Waals surface area (Å²) in [4.78, 5) is 14.5. The molecule has 0 aliphatic heterocycles. The largest absolute Gasteiger partial charge is 0.497 e. The number of methoxy groups -OCH3 is 2. The highest BCUT2D eigenvalue weighted by Crippen LogP contribution is 2.29. The maximum atomic E-state index is 13.1. The van der Waals surface area contributed by atoms with Gasteiger partial charge in [-0.1, -0.05) is 12.1 Å². The van der Waals surface area contributed by atoms with Gasteiger partial charge in [-0.15, -0.1) is 0 Å². The van der Waals surface area contributed by atoms with E-state index < -0.39 is 0 Å². The molecule has 1 fully saturated rings. The summed E-state index contributed by atoms with van der Waals surface area (Å²) in [7, 11) is 3.18. The predicted octanol–water partition coefficient (Wildman–Crippen LogP) is 4.05. The van der Waals surface area contributed by atoms with Crippen LogP contribution in [0, 0.1) is 5.82 Å². The van der Waals surface area contributed by atoms with Gasteiger partial charge in [-0.2, -0.15) is 0 Å². The number of carbonyl (C=O) groups is 1. The van der Waals surface area contributed by atoms with Crippen molar-refractivity contribution in [2.24, 2.45) is 0 Å². The van der Waals surface area contributed by atoms with Crippen LogP contribution in [0.3, 0.4) is 0 Å². The van der Waals surface area contributed by atoms with E-state index in [9.17, 15) is 9.18 Å². The number of hydrogen-bond acceptors (Lipinski definition) is 3.